The zero-order valence-electron chi connectivity index (χ0n) is 13.1. The third-order valence-corrected chi connectivity index (χ3v) is 4.29. The van der Waals surface area contributed by atoms with Crippen molar-refractivity contribution in [3.05, 3.63) is 60.4 Å². The molecule has 0 spiro atoms. The first-order chi connectivity index (χ1) is 10.6. The molecule has 2 aromatic carbocycles. The number of aromatic nitrogens is 2. The number of nitrogens with zero attached hydrogens (tertiary/aromatic N) is 2. The van der Waals surface area contributed by atoms with Crippen molar-refractivity contribution in [3.8, 4) is 0 Å². The number of hydrogen-bond donors (Lipinski definition) is 0. The van der Waals surface area contributed by atoms with Crippen LogP contribution in [0.5, 0.6) is 0 Å². The van der Waals surface area contributed by atoms with Gasteiger partial charge in [-0.3, -0.25) is 9.97 Å². The molecule has 108 valence electrons. The van der Waals surface area contributed by atoms with Gasteiger partial charge in [0.1, 0.15) is 0 Å². The van der Waals surface area contributed by atoms with E-state index in [0.29, 0.717) is 0 Å². The Morgan fingerprint density at radius 2 is 1.36 bits per heavy atom. The van der Waals surface area contributed by atoms with E-state index in [-0.39, 0.29) is 5.41 Å². The maximum Gasteiger partial charge on any atom is 0.0971 e. The second kappa shape index (κ2) is 4.51. The molecule has 22 heavy (non-hydrogen) atoms. The Hall–Kier alpha value is -2.48. The molecule has 0 aliphatic heterocycles. The van der Waals surface area contributed by atoms with Gasteiger partial charge in [0.15, 0.2) is 0 Å². The fraction of sp³-hybridized carbons (Fsp3) is 0.200. The molecule has 0 unspecified atom stereocenters. The van der Waals surface area contributed by atoms with Crippen LogP contribution in [-0.2, 0) is 5.41 Å². The third-order valence-electron chi connectivity index (χ3n) is 4.29. The molecule has 0 saturated heterocycles. The van der Waals surface area contributed by atoms with Crippen molar-refractivity contribution in [1.29, 1.82) is 0 Å². The number of benzene rings is 2. The first-order valence-corrected chi connectivity index (χ1v) is 7.61. The van der Waals surface area contributed by atoms with Crippen molar-refractivity contribution in [3.63, 3.8) is 0 Å². The lowest BCUT2D eigenvalue weighted by atomic mass is 9.87. The second-order valence-electron chi connectivity index (χ2n) is 6.82. The van der Waals surface area contributed by atoms with Crippen LogP contribution in [0.25, 0.3) is 32.6 Å². The van der Waals surface area contributed by atoms with E-state index in [0.717, 1.165) is 11.0 Å². The second-order valence-corrected chi connectivity index (χ2v) is 6.82. The minimum atomic E-state index is 0.0847. The maximum atomic E-state index is 4.76. The van der Waals surface area contributed by atoms with E-state index in [1.807, 2.05) is 18.5 Å². The standard InChI is InChI=1S/C20H18N2/c1-20(2,3)13-11-17-15-8-5-4-7-14(15)16-9-6-10-21-18(16)19(17)22-12-13/h4-12H,1-3H3. The topological polar surface area (TPSA) is 25.8 Å². The average Bonchev–Trinajstić information content (AvgIpc) is 2.54. The Morgan fingerprint density at radius 3 is 2.09 bits per heavy atom. The first-order valence-electron chi connectivity index (χ1n) is 7.61. The Bertz CT molecular complexity index is 975. The summed E-state index contributed by atoms with van der Waals surface area (Å²) < 4.78 is 0. The lowest BCUT2D eigenvalue weighted by molar-refractivity contribution is 0.589. The van der Waals surface area contributed by atoms with Crippen molar-refractivity contribution >= 4 is 32.6 Å². The van der Waals surface area contributed by atoms with Crippen LogP contribution < -0.4 is 0 Å². The van der Waals surface area contributed by atoms with Gasteiger partial charge < -0.3 is 0 Å². The predicted octanol–water partition coefficient (Wildman–Crippen LogP) is 5.23. The highest BCUT2D eigenvalue weighted by atomic mass is 14.7. The van der Waals surface area contributed by atoms with Crippen molar-refractivity contribution in [1.82, 2.24) is 9.97 Å². The molecule has 0 radical (unpaired) electrons. The average molecular weight is 286 g/mol. The molecule has 0 saturated carbocycles. The summed E-state index contributed by atoms with van der Waals surface area (Å²) in [4.78, 5) is 9.35. The van der Waals surface area contributed by atoms with Gasteiger partial charge in [-0.1, -0.05) is 51.1 Å². The molecule has 2 heterocycles. The molecule has 0 fully saturated rings. The highest BCUT2D eigenvalue weighted by Gasteiger charge is 2.17. The number of pyridine rings is 2. The summed E-state index contributed by atoms with van der Waals surface area (Å²) in [7, 11) is 0. The van der Waals surface area contributed by atoms with Crippen LogP contribution in [0.2, 0.25) is 0 Å². The molecule has 2 nitrogen and oxygen atoms in total. The highest BCUT2D eigenvalue weighted by Crippen LogP contribution is 2.34. The Labute approximate surface area is 129 Å². The van der Waals surface area contributed by atoms with Crippen LogP contribution in [0.4, 0.5) is 0 Å². The maximum absolute atomic E-state index is 4.76. The third kappa shape index (κ3) is 1.87. The highest BCUT2D eigenvalue weighted by molar-refractivity contribution is 6.22. The Balaban J connectivity index is 2.27. The zero-order chi connectivity index (χ0) is 15.3. The Morgan fingerprint density at radius 1 is 0.727 bits per heavy atom. The molecule has 0 aliphatic rings. The molecule has 4 rings (SSSR count). The van der Waals surface area contributed by atoms with Crippen LogP contribution in [-0.4, -0.2) is 9.97 Å². The lowest BCUT2D eigenvalue weighted by Crippen LogP contribution is -2.11. The summed E-state index contributed by atoms with van der Waals surface area (Å²) >= 11 is 0. The van der Waals surface area contributed by atoms with Gasteiger partial charge in [0.25, 0.3) is 0 Å². The van der Waals surface area contributed by atoms with E-state index in [1.54, 1.807) is 0 Å². The zero-order valence-corrected chi connectivity index (χ0v) is 13.1. The minimum absolute atomic E-state index is 0.0847. The normalized spacial score (nSPS) is 12.3. The molecular weight excluding hydrogens is 268 g/mol. The van der Waals surface area contributed by atoms with Crippen molar-refractivity contribution in [2.45, 2.75) is 26.2 Å². The summed E-state index contributed by atoms with van der Waals surface area (Å²) in [6, 6.07) is 14.9. The molecule has 0 N–H and O–H groups in total. The van der Waals surface area contributed by atoms with Crippen LogP contribution in [0.1, 0.15) is 26.3 Å². The molecule has 0 atom stereocenters. The molecule has 4 aromatic rings. The molecule has 2 heteroatoms. The molecule has 0 amide bonds. The minimum Gasteiger partial charge on any atom is -0.254 e. The van der Waals surface area contributed by atoms with E-state index < -0.39 is 0 Å². The van der Waals surface area contributed by atoms with Crippen molar-refractivity contribution < 1.29 is 0 Å². The first kappa shape index (κ1) is 13.2. The number of hydrogen-bond acceptors (Lipinski definition) is 2. The van der Waals surface area contributed by atoms with Gasteiger partial charge in [-0.15, -0.1) is 0 Å². The van der Waals surface area contributed by atoms with E-state index in [4.69, 9.17) is 4.98 Å². The summed E-state index contributed by atoms with van der Waals surface area (Å²) in [5, 5.41) is 4.85. The van der Waals surface area contributed by atoms with E-state index in [9.17, 15) is 0 Å². The Kier molecular flexibility index (Phi) is 2.70. The fourth-order valence-corrected chi connectivity index (χ4v) is 3.03. The van der Waals surface area contributed by atoms with Gasteiger partial charge in [0.05, 0.1) is 11.0 Å². The largest absolute Gasteiger partial charge is 0.254 e. The quantitative estimate of drug-likeness (QED) is 0.413. The monoisotopic (exact) mass is 286 g/mol. The van der Waals surface area contributed by atoms with Crippen LogP contribution in [0.15, 0.2) is 54.9 Å². The van der Waals surface area contributed by atoms with Gasteiger partial charge >= 0.3 is 0 Å². The van der Waals surface area contributed by atoms with Crippen molar-refractivity contribution in [2.75, 3.05) is 0 Å². The molecule has 0 aliphatic carbocycles. The number of fused-ring (bicyclic) bond motifs is 6. The molecule has 2 aromatic heterocycles. The van der Waals surface area contributed by atoms with Gasteiger partial charge in [0, 0.05) is 23.2 Å². The van der Waals surface area contributed by atoms with Crippen LogP contribution in [0.3, 0.4) is 0 Å². The van der Waals surface area contributed by atoms with Gasteiger partial charge in [0.2, 0.25) is 0 Å². The van der Waals surface area contributed by atoms with Gasteiger partial charge in [-0.25, -0.2) is 0 Å². The predicted molar refractivity (Wildman–Crippen MR) is 93.3 cm³/mol. The molecule has 0 bridgehead atoms. The van der Waals surface area contributed by atoms with E-state index in [1.165, 1.54) is 27.1 Å². The smallest absolute Gasteiger partial charge is 0.0971 e. The number of rotatable bonds is 0. The van der Waals surface area contributed by atoms with Gasteiger partial charge in [-0.05, 0) is 33.9 Å². The van der Waals surface area contributed by atoms with E-state index >= 15 is 0 Å². The van der Waals surface area contributed by atoms with Crippen molar-refractivity contribution in [2.24, 2.45) is 0 Å². The summed E-state index contributed by atoms with van der Waals surface area (Å²) in [5.41, 5.74) is 3.31. The summed E-state index contributed by atoms with van der Waals surface area (Å²) in [6.07, 6.45) is 3.83. The van der Waals surface area contributed by atoms with Crippen LogP contribution >= 0.6 is 0 Å². The van der Waals surface area contributed by atoms with Gasteiger partial charge in [-0.2, -0.15) is 0 Å². The molecular formula is C20H18N2. The summed E-state index contributed by atoms with van der Waals surface area (Å²) in [5.74, 6) is 0. The SMILES string of the molecule is CC(C)(C)c1cnc2c(c1)c1ccccc1c1cccnc12. The lowest BCUT2D eigenvalue weighted by Gasteiger charge is -2.19. The fourth-order valence-electron chi connectivity index (χ4n) is 3.03. The van der Waals surface area contributed by atoms with Crippen LogP contribution in [0, 0.1) is 0 Å². The summed E-state index contributed by atoms with van der Waals surface area (Å²) in [6.45, 7) is 6.66. The van der Waals surface area contributed by atoms with E-state index in [2.05, 4.69) is 62.2 Å².